The summed E-state index contributed by atoms with van der Waals surface area (Å²) in [6.45, 7) is 13.6. The maximum absolute atomic E-state index is 13.2. The molecule has 0 saturated carbocycles. The molecule has 4 N–H and O–H groups in total. The minimum atomic E-state index is 0.122. The summed E-state index contributed by atoms with van der Waals surface area (Å²) in [6, 6.07) is 0.318. The molecule has 0 atom stereocenters. The normalized spacial score (nSPS) is 17.6. The third-order valence-corrected chi connectivity index (χ3v) is 7.42. The maximum Gasteiger partial charge on any atom is 0.225 e. The van der Waals surface area contributed by atoms with Gasteiger partial charge in [-0.15, -0.1) is 6.58 Å². The van der Waals surface area contributed by atoms with Crippen LogP contribution in [-0.2, 0) is 11.3 Å². The molecule has 2 aliphatic rings. The number of nitrogens with zero attached hydrogens (tertiary/aromatic N) is 6. The fourth-order valence-corrected chi connectivity index (χ4v) is 5.61. The third-order valence-electron chi connectivity index (χ3n) is 6.58. The molecule has 0 aromatic carbocycles. The van der Waals surface area contributed by atoms with Gasteiger partial charge in [0.2, 0.25) is 11.9 Å². The molecule has 4 heterocycles. The Morgan fingerprint density at radius 3 is 2.31 bits per heavy atom. The first-order valence-electron chi connectivity index (χ1n) is 12.5. The minimum Gasteiger partial charge on any atom is -0.384 e. The van der Waals surface area contributed by atoms with Crippen molar-refractivity contribution in [2.45, 2.75) is 64.2 Å². The zero-order valence-electron chi connectivity index (χ0n) is 21.3. The summed E-state index contributed by atoms with van der Waals surface area (Å²) < 4.78 is 2.20. The predicted octanol–water partition coefficient (Wildman–Crippen LogP) is 3.53. The number of hydrogen-bond acceptors (Lipinski definition) is 8. The Kier molecular flexibility index (Phi) is 9.97. The van der Waals surface area contributed by atoms with Crippen LogP contribution >= 0.6 is 11.8 Å². The molecule has 2 aromatic rings. The number of aryl methyl sites for hydroxylation is 1. The van der Waals surface area contributed by atoms with Crippen LogP contribution in [-0.4, -0.2) is 67.2 Å². The number of carbonyl (C=O) groups excluding carboxylic acids is 1. The number of nitrogens with two attached hydrogens (primary N) is 2. The summed E-state index contributed by atoms with van der Waals surface area (Å²) in [5.74, 6) is 2.48. The van der Waals surface area contributed by atoms with E-state index in [2.05, 4.69) is 42.8 Å². The van der Waals surface area contributed by atoms with Gasteiger partial charge >= 0.3 is 0 Å². The highest BCUT2D eigenvalue weighted by Crippen LogP contribution is 2.33. The van der Waals surface area contributed by atoms with E-state index in [4.69, 9.17) is 11.5 Å². The molecule has 0 bridgehead atoms. The van der Waals surface area contributed by atoms with E-state index in [9.17, 15) is 4.79 Å². The van der Waals surface area contributed by atoms with E-state index in [0.29, 0.717) is 17.9 Å². The third kappa shape index (κ3) is 6.98. The molecule has 35 heavy (non-hydrogen) atoms. The Morgan fingerprint density at radius 2 is 1.74 bits per heavy atom. The second-order valence-corrected chi connectivity index (χ2v) is 10.4. The monoisotopic (exact) mass is 500 g/mol. The quantitative estimate of drug-likeness (QED) is 0.457. The molecule has 1 amide bonds. The van der Waals surface area contributed by atoms with Crippen molar-refractivity contribution >= 4 is 29.4 Å². The number of likely N-dealkylation sites (tertiary alicyclic amines) is 2. The maximum atomic E-state index is 13.2. The van der Waals surface area contributed by atoms with Gasteiger partial charge in [-0.3, -0.25) is 9.69 Å². The van der Waals surface area contributed by atoms with Crippen LogP contribution in [0.2, 0.25) is 0 Å². The van der Waals surface area contributed by atoms with Gasteiger partial charge in [0.25, 0.3) is 0 Å². The van der Waals surface area contributed by atoms with Crippen molar-refractivity contribution < 1.29 is 4.79 Å². The van der Waals surface area contributed by atoms with Crippen molar-refractivity contribution in [2.75, 3.05) is 43.4 Å². The van der Waals surface area contributed by atoms with Gasteiger partial charge in [0.1, 0.15) is 5.82 Å². The number of rotatable bonds is 6. The second-order valence-electron chi connectivity index (χ2n) is 9.13. The molecule has 4 rings (SSSR count). The zero-order chi connectivity index (χ0) is 25.4. The van der Waals surface area contributed by atoms with E-state index >= 15 is 0 Å². The smallest absolute Gasteiger partial charge is 0.225 e. The van der Waals surface area contributed by atoms with E-state index in [0.717, 1.165) is 86.4 Å². The number of carbonyl (C=O) groups is 1. The number of amides is 1. The van der Waals surface area contributed by atoms with Crippen molar-refractivity contribution in [3.63, 3.8) is 0 Å². The summed E-state index contributed by atoms with van der Waals surface area (Å²) >= 11 is 1.73. The van der Waals surface area contributed by atoms with Crippen molar-refractivity contribution in [3.8, 4) is 0 Å². The number of piperidine rings is 2. The Labute approximate surface area is 213 Å². The summed E-state index contributed by atoms with van der Waals surface area (Å²) in [4.78, 5) is 30.4. The molecule has 0 unspecified atom stereocenters. The fourth-order valence-electron chi connectivity index (χ4n) is 4.76. The lowest BCUT2D eigenvalue weighted by Crippen LogP contribution is -2.45. The highest BCUT2D eigenvalue weighted by Gasteiger charge is 2.32. The predicted molar refractivity (Wildman–Crippen MR) is 143 cm³/mol. The molecule has 9 nitrogen and oxygen atoms in total. The fraction of sp³-hybridized carbons (Fsp3) is 0.600. The van der Waals surface area contributed by atoms with Crippen LogP contribution in [0.5, 0.6) is 0 Å². The molecule has 192 valence electrons. The van der Waals surface area contributed by atoms with Crippen molar-refractivity contribution in [1.29, 1.82) is 0 Å². The Morgan fingerprint density at radius 1 is 1.14 bits per heavy atom. The lowest BCUT2D eigenvalue weighted by atomic mass is 9.93. The van der Waals surface area contributed by atoms with Crippen LogP contribution in [0.25, 0.3) is 0 Å². The number of nitrogen functional groups attached to an aromatic ring is 2. The van der Waals surface area contributed by atoms with Gasteiger partial charge in [-0.1, -0.05) is 24.8 Å². The molecule has 0 aliphatic carbocycles. The number of allylic oxidation sites excluding steroid dienone is 1. The number of hydrogen-bond donors (Lipinski definition) is 2. The number of thioether (sulfide) groups is 1. The summed E-state index contributed by atoms with van der Waals surface area (Å²) in [5, 5.41) is 1.01. The van der Waals surface area contributed by atoms with Gasteiger partial charge in [0, 0.05) is 49.6 Å². The summed E-state index contributed by atoms with van der Waals surface area (Å²) in [7, 11) is 0. The molecule has 2 aromatic heterocycles. The molecule has 2 aliphatic heterocycles. The minimum absolute atomic E-state index is 0.122. The topological polar surface area (TPSA) is 119 Å². The Hall–Kier alpha value is -2.59. The van der Waals surface area contributed by atoms with Gasteiger partial charge in [-0.05, 0) is 58.4 Å². The second kappa shape index (κ2) is 12.9. The number of imidazole rings is 1. The highest BCUT2D eigenvalue weighted by atomic mass is 32.2. The van der Waals surface area contributed by atoms with E-state index in [1.807, 2.05) is 13.8 Å². The van der Waals surface area contributed by atoms with Gasteiger partial charge < -0.3 is 20.9 Å². The van der Waals surface area contributed by atoms with Gasteiger partial charge in [-0.25, -0.2) is 15.0 Å². The van der Waals surface area contributed by atoms with E-state index in [1.54, 1.807) is 30.2 Å². The average Bonchev–Trinajstić information content (AvgIpc) is 3.14. The molecular weight excluding hydrogens is 460 g/mol. The van der Waals surface area contributed by atoms with Crippen molar-refractivity contribution in [3.05, 3.63) is 36.3 Å². The first-order valence-corrected chi connectivity index (χ1v) is 13.5. The molecule has 0 spiro atoms. The first-order chi connectivity index (χ1) is 16.9. The lowest BCUT2D eigenvalue weighted by molar-refractivity contribution is -0.138. The van der Waals surface area contributed by atoms with Gasteiger partial charge in [-0.2, -0.15) is 0 Å². The van der Waals surface area contributed by atoms with Crippen LogP contribution in [0.3, 0.4) is 0 Å². The first kappa shape index (κ1) is 27.0. The SMILES string of the molecule is C=CC.CCSc1nc(C)c(N)n1C1CCN(C(=O)C2CCN(Cc3cnc(N)nc3)CC2)CC1. The highest BCUT2D eigenvalue weighted by molar-refractivity contribution is 7.99. The van der Waals surface area contributed by atoms with Gasteiger partial charge in [0.15, 0.2) is 5.16 Å². The van der Waals surface area contributed by atoms with Crippen LogP contribution < -0.4 is 11.5 Å². The van der Waals surface area contributed by atoms with E-state index in [-0.39, 0.29) is 5.92 Å². The van der Waals surface area contributed by atoms with Crippen molar-refractivity contribution in [2.24, 2.45) is 5.92 Å². The molecular formula is C25H40N8OS. The zero-order valence-corrected chi connectivity index (χ0v) is 22.1. The van der Waals surface area contributed by atoms with E-state index in [1.165, 1.54) is 0 Å². The summed E-state index contributed by atoms with van der Waals surface area (Å²) in [6.07, 6.45) is 8.97. The van der Waals surface area contributed by atoms with Crippen LogP contribution in [0.1, 0.15) is 56.8 Å². The van der Waals surface area contributed by atoms with Crippen molar-refractivity contribution in [1.82, 2.24) is 29.3 Å². The Balaban J connectivity index is 0.00000108. The van der Waals surface area contributed by atoms with E-state index < -0.39 is 0 Å². The molecule has 0 radical (unpaired) electrons. The molecule has 2 saturated heterocycles. The number of aromatic nitrogens is 4. The molecule has 10 heteroatoms. The van der Waals surface area contributed by atoms with Crippen LogP contribution in [0, 0.1) is 12.8 Å². The van der Waals surface area contributed by atoms with Gasteiger partial charge in [0.05, 0.1) is 5.69 Å². The standard InChI is InChI=1S/C22H34N8OS.C3H6/c1-3-32-22-27-15(2)19(23)30(22)18-6-10-29(11-7-18)20(31)17-4-8-28(9-5-17)14-16-12-25-21(24)26-13-16;1-3-2/h12-13,17-18H,3-11,14,23H2,1-2H3,(H2,24,25,26);3H,1H2,2H3. The Bertz CT molecular complexity index is 961. The van der Waals surface area contributed by atoms with Crippen LogP contribution in [0.4, 0.5) is 11.8 Å². The lowest BCUT2D eigenvalue weighted by Gasteiger charge is -2.38. The number of anilines is 2. The molecule has 2 fully saturated rings. The average molecular weight is 501 g/mol. The summed E-state index contributed by atoms with van der Waals surface area (Å²) in [5.41, 5.74) is 13.9. The largest absolute Gasteiger partial charge is 0.384 e. The van der Waals surface area contributed by atoms with Crippen LogP contribution in [0.15, 0.2) is 30.2 Å².